The Kier molecular flexibility index (Phi) is 4.90. The van der Waals surface area contributed by atoms with Crippen LogP contribution in [0.4, 0.5) is 0 Å². The van der Waals surface area contributed by atoms with E-state index in [1.54, 1.807) is 0 Å². The van der Waals surface area contributed by atoms with Crippen molar-refractivity contribution in [3.05, 3.63) is 64.4 Å². The fraction of sp³-hybridized carbons (Fsp3) is 0.267. The number of likely N-dealkylation sites (N-methyl/N-ethyl adjacent to an activating group) is 1. The van der Waals surface area contributed by atoms with Crippen LogP contribution in [0.5, 0.6) is 0 Å². The zero-order valence-electron chi connectivity index (χ0n) is 10.5. The molecule has 0 radical (unpaired) electrons. The monoisotopic (exact) mass is 304 g/mol. The molecule has 1 aromatic carbocycles. The largest absolute Gasteiger partial charge is 0.302 e. The SMILES string of the molecule is CN(CCc1ccccn1)Cc1ccccc1Br. The predicted octanol–water partition coefficient (Wildman–Crippen LogP) is 3.52. The average molecular weight is 305 g/mol. The van der Waals surface area contributed by atoms with Crippen molar-refractivity contribution in [2.45, 2.75) is 13.0 Å². The van der Waals surface area contributed by atoms with Gasteiger partial charge in [0.1, 0.15) is 0 Å². The van der Waals surface area contributed by atoms with Crippen molar-refractivity contribution in [1.82, 2.24) is 9.88 Å². The molecular formula is C15H17BrN2. The van der Waals surface area contributed by atoms with Crippen molar-refractivity contribution in [2.75, 3.05) is 13.6 Å². The van der Waals surface area contributed by atoms with Gasteiger partial charge in [-0.05, 0) is 30.8 Å². The molecule has 3 heteroatoms. The minimum absolute atomic E-state index is 0.953. The zero-order valence-corrected chi connectivity index (χ0v) is 12.1. The summed E-state index contributed by atoms with van der Waals surface area (Å²) in [6, 6.07) is 14.4. The van der Waals surface area contributed by atoms with E-state index in [9.17, 15) is 0 Å². The first-order chi connectivity index (χ1) is 8.75. The lowest BCUT2D eigenvalue weighted by atomic mass is 10.2. The maximum Gasteiger partial charge on any atom is 0.0416 e. The lowest BCUT2D eigenvalue weighted by Gasteiger charge is -2.17. The van der Waals surface area contributed by atoms with Crippen LogP contribution in [0.15, 0.2) is 53.1 Å². The van der Waals surface area contributed by atoms with Crippen LogP contribution in [0, 0.1) is 0 Å². The Bertz CT molecular complexity index is 485. The maximum atomic E-state index is 4.34. The summed E-state index contributed by atoms with van der Waals surface area (Å²) in [6.45, 7) is 1.96. The maximum absolute atomic E-state index is 4.34. The van der Waals surface area contributed by atoms with Gasteiger partial charge >= 0.3 is 0 Å². The second kappa shape index (κ2) is 6.66. The van der Waals surface area contributed by atoms with Crippen LogP contribution in [0.25, 0.3) is 0 Å². The fourth-order valence-electron chi connectivity index (χ4n) is 1.85. The Morgan fingerprint density at radius 1 is 1.11 bits per heavy atom. The minimum atomic E-state index is 0.953. The second-order valence-electron chi connectivity index (χ2n) is 4.40. The number of benzene rings is 1. The molecule has 0 aliphatic rings. The van der Waals surface area contributed by atoms with Crippen LogP contribution >= 0.6 is 15.9 Å². The van der Waals surface area contributed by atoms with Crippen molar-refractivity contribution < 1.29 is 0 Å². The average Bonchev–Trinajstić information content (AvgIpc) is 2.40. The third-order valence-corrected chi connectivity index (χ3v) is 3.65. The third kappa shape index (κ3) is 3.93. The Labute approximate surface area is 117 Å². The molecule has 0 aliphatic heterocycles. The van der Waals surface area contributed by atoms with Gasteiger partial charge in [-0.1, -0.05) is 40.2 Å². The minimum Gasteiger partial charge on any atom is -0.302 e. The number of nitrogens with zero attached hydrogens (tertiary/aromatic N) is 2. The van der Waals surface area contributed by atoms with Gasteiger partial charge in [0.05, 0.1) is 0 Å². The number of hydrogen-bond donors (Lipinski definition) is 0. The summed E-state index contributed by atoms with van der Waals surface area (Å²) in [6.07, 6.45) is 2.84. The number of halogens is 1. The number of hydrogen-bond acceptors (Lipinski definition) is 2. The van der Waals surface area contributed by atoms with Gasteiger partial charge in [-0.15, -0.1) is 0 Å². The van der Waals surface area contributed by atoms with E-state index in [1.807, 2.05) is 24.4 Å². The van der Waals surface area contributed by atoms with Crippen molar-refractivity contribution in [3.63, 3.8) is 0 Å². The first kappa shape index (κ1) is 13.2. The van der Waals surface area contributed by atoms with Crippen LogP contribution < -0.4 is 0 Å². The lowest BCUT2D eigenvalue weighted by molar-refractivity contribution is 0.329. The summed E-state index contributed by atoms with van der Waals surface area (Å²) in [4.78, 5) is 6.65. The summed E-state index contributed by atoms with van der Waals surface area (Å²) in [5.41, 5.74) is 2.47. The standard InChI is InChI=1S/C15H17BrN2/c1-18(11-9-14-7-4-5-10-17-14)12-13-6-2-3-8-15(13)16/h2-8,10H,9,11-12H2,1H3. The molecule has 0 bridgehead atoms. The van der Waals surface area contributed by atoms with Gasteiger partial charge < -0.3 is 4.90 Å². The smallest absolute Gasteiger partial charge is 0.0416 e. The van der Waals surface area contributed by atoms with E-state index in [-0.39, 0.29) is 0 Å². The van der Waals surface area contributed by atoms with Gasteiger partial charge in [0.25, 0.3) is 0 Å². The Morgan fingerprint density at radius 2 is 1.89 bits per heavy atom. The van der Waals surface area contributed by atoms with E-state index in [1.165, 1.54) is 10.0 Å². The van der Waals surface area contributed by atoms with Gasteiger partial charge in [0.2, 0.25) is 0 Å². The Morgan fingerprint density at radius 3 is 2.61 bits per heavy atom. The molecular weight excluding hydrogens is 288 g/mol. The van der Waals surface area contributed by atoms with Crippen molar-refractivity contribution in [1.29, 1.82) is 0 Å². The molecule has 0 unspecified atom stereocenters. The molecule has 1 heterocycles. The van der Waals surface area contributed by atoms with E-state index in [2.05, 4.69) is 57.1 Å². The first-order valence-electron chi connectivity index (χ1n) is 6.07. The molecule has 0 amide bonds. The van der Waals surface area contributed by atoms with Gasteiger partial charge in [0, 0.05) is 35.9 Å². The highest BCUT2D eigenvalue weighted by atomic mass is 79.9. The molecule has 0 saturated carbocycles. The van der Waals surface area contributed by atoms with E-state index in [0.717, 1.165) is 25.2 Å². The molecule has 0 N–H and O–H groups in total. The van der Waals surface area contributed by atoms with E-state index >= 15 is 0 Å². The number of aromatic nitrogens is 1. The molecule has 0 saturated heterocycles. The topological polar surface area (TPSA) is 16.1 Å². The summed E-state index contributed by atoms with van der Waals surface area (Å²) in [5, 5.41) is 0. The van der Waals surface area contributed by atoms with E-state index in [0.29, 0.717) is 0 Å². The molecule has 2 aromatic rings. The lowest BCUT2D eigenvalue weighted by Crippen LogP contribution is -2.21. The van der Waals surface area contributed by atoms with Crippen LogP contribution in [-0.2, 0) is 13.0 Å². The molecule has 94 valence electrons. The normalized spacial score (nSPS) is 10.8. The van der Waals surface area contributed by atoms with Crippen LogP contribution in [0.2, 0.25) is 0 Å². The van der Waals surface area contributed by atoms with Gasteiger partial charge in [-0.25, -0.2) is 0 Å². The van der Waals surface area contributed by atoms with Crippen molar-refractivity contribution in [2.24, 2.45) is 0 Å². The zero-order chi connectivity index (χ0) is 12.8. The van der Waals surface area contributed by atoms with E-state index < -0.39 is 0 Å². The molecule has 0 aliphatic carbocycles. The fourth-order valence-corrected chi connectivity index (χ4v) is 2.26. The van der Waals surface area contributed by atoms with Crippen LogP contribution in [-0.4, -0.2) is 23.5 Å². The highest BCUT2D eigenvalue weighted by Crippen LogP contribution is 2.17. The van der Waals surface area contributed by atoms with Gasteiger partial charge in [-0.3, -0.25) is 4.98 Å². The predicted molar refractivity (Wildman–Crippen MR) is 78.4 cm³/mol. The summed E-state index contributed by atoms with van der Waals surface area (Å²) < 4.78 is 1.18. The second-order valence-corrected chi connectivity index (χ2v) is 5.25. The van der Waals surface area contributed by atoms with Crippen LogP contribution in [0.1, 0.15) is 11.3 Å². The van der Waals surface area contributed by atoms with E-state index in [4.69, 9.17) is 0 Å². The molecule has 2 nitrogen and oxygen atoms in total. The quantitative estimate of drug-likeness (QED) is 0.840. The van der Waals surface area contributed by atoms with Crippen LogP contribution in [0.3, 0.4) is 0 Å². The highest BCUT2D eigenvalue weighted by Gasteiger charge is 2.04. The molecule has 0 fully saturated rings. The summed E-state index contributed by atoms with van der Waals surface area (Å²) in [5.74, 6) is 0. The first-order valence-corrected chi connectivity index (χ1v) is 6.87. The molecule has 0 atom stereocenters. The molecule has 1 aromatic heterocycles. The van der Waals surface area contributed by atoms with Crippen molar-refractivity contribution >= 4 is 15.9 Å². The molecule has 0 spiro atoms. The number of pyridine rings is 1. The summed E-state index contributed by atoms with van der Waals surface area (Å²) in [7, 11) is 2.14. The molecule has 2 rings (SSSR count). The van der Waals surface area contributed by atoms with Gasteiger partial charge in [-0.2, -0.15) is 0 Å². The summed E-state index contributed by atoms with van der Waals surface area (Å²) >= 11 is 3.58. The molecule has 18 heavy (non-hydrogen) atoms. The van der Waals surface area contributed by atoms with Crippen molar-refractivity contribution in [3.8, 4) is 0 Å². The third-order valence-electron chi connectivity index (χ3n) is 2.87. The van der Waals surface area contributed by atoms with Gasteiger partial charge in [0.15, 0.2) is 0 Å². The Balaban J connectivity index is 1.86. The highest BCUT2D eigenvalue weighted by molar-refractivity contribution is 9.10. The Hall–Kier alpha value is -1.19. The number of rotatable bonds is 5.